The van der Waals surface area contributed by atoms with Crippen LogP contribution in [-0.4, -0.2) is 28.9 Å². The van der Waals surface area contributed by atoms with Gasteiger partial charge in [-0.3, -0.25) is 0 Å². The number of allylic oxidation sites excluding steroid dienone is 7. The van der Waals surface area contributed by atoms with Gasteiger partial charge >= 0.3 is 0 Å². The zero-order valence-corrected chi connectivity index (χ0v) is 30.9. The summed E-state index contributed by atoms with van der Waals surface area (Å²) in [6.07, 6.45) is 16.7. The molecule has 0 atom stereocenters. The number of unbranched alkanes of at least 4 members (excludes halogenated alkanes) is 2. The molecule has 0 aliphatic carbocycles. The van der Waals surface area contributed by atoms with E-state index in [1.54, 1.807) is 0 Å². The fourth-order valence-electron chi connectivity index (χ4n) is 7.64. The zero-order valence-electron chi connectivity index (χ0n) is 30.9. The van der Waals surface area contributed by atoms with Gasteiger partial charge in [-0.15, -0.1) is 0 Å². The van der Waals surface area contributed by atoms with Crippen LogP contribution >= 0.6 is 0 Å². The van der Waals surface area contributed by atoms with Crippen molar-refractivity contribution in [1.82, 2.24) is 0 Å². The number of anilines is 1. The summed E-state index contributed by atoms with van der Waals surface area (Å²) < 4.78 is 9.28. The molecule has 0 aromatic heterocycles. The third kappa shape index (κ3) is 6.57. The molecule has 5 rings (SSSR count). The van der Waals surface area contributed by atoms with Crippen LogP contribution in [0.3, 0.4) is 0 Å². The van der Waals surface area contributed by atoms with E-state index in [0.717, 1.165) is 36.1 Å². The number of fused-ring (bicyclic) bond motifs is 3. The lowest BCUT2D eigenvalue weighted by atomic mass is 9.81. The molecule has 2 aromatic rings. The molecule has 0 saturated carbocycles. The Hall–Kier alpha value is -3.33. The maximum absolute atomic E-state index is 6.69. The van der Waals surface area contributed by atoms with Gasteiger partial charge in [0.15, 0.2) is 5.71 Å². The molecule has 0 unspecified atom stereocenters. The van der Waals surface area contributed by atoms with Crippen LogP contribution in [-0.2, 0) is 5.41 Å². The Morgan fingerprint density at radius 2 is 1.70 bits per heavy atom. The lowest BCUT2D eigenvalue weighted by Gasteiger charge is -2.43. The quantitative estimate of drug-likeness (QED) is 0.205. The van der Waals surface area contributed by atoms with Crippen LogP contribution in [0.1, 0.15) is 124 Å². The van der Waals surface area contributed by atoms with Crippen LogP contribution in [0.5, 0.6) is 5.75 Å². The minimum absolute atomic E-state index is 0.0411. The number of ether oxygens (including phenoxy) is 1. The number of benzene rings is 2. The van der Waals surface area contributed by atoms with E-state index in [1.165, 1.54) is 70.6 Å². The molecule has 3 heteroatoms. The summed E-state index contributed by atoms with van der Waals surface area (Å²) in [4.78, 5) is 2.49. The second-order valence-corrected chi connectivity index (χ2v) is 16.4. The monoisotopic (exact) mass is 619 g/mol. The largest absolute Gasteiger partial charge is 0.460 e. The van der Waals surface area contributed by atoms with E-state index in [0.29, 0.717) is 0 Å². The molecule has 246 valence electrons. The van der Waals surface area contributed by atoms with E-state index in [9.17, 15) is 0 Å². The summed E-state index contributed by atoms with van der Waals surface area (Å²) in [5.41, 5.74) is 11.6. The Labute approximate surface area is 280 Å². The van der Waals surface area contributed by atoms with E-state index in [1.807, 2.05) is 0 Å². The van der Waals surface area contributed by atoms with Crippen molar-refractivity contribution in [3.8, 4) is 5.75 Å². The van der Waals surface area contributed by atoms with Crippen LogP contribution in [0.2, 0.25) is 0 Å². The number of aryl methyl sites for hydroxylation is 1. The summed E-state index contributed by atoms with van der Waals surface area (Å²) in [6, 6.07) is 11.7. The zero-order chi connectivity index (χ0) is 33.6. The van der Waals surface area contributed by atoms with Gasteiger partial charge in [0.25, 0.3) is 0 Å². The minimum atomic E-state index is -0.107. The summed E-state index contributed by atoms with van der Waals surface area (Å²) in [5.74, 6) is 2.73. The molecule has 3 nitrogen and oxygen atoms in total. The first-order valence-corrected chi connectivity index (χ1v) is 17.7. The Balaban J connectivity index is 1.56. The lowest BCUT2D eigenvalue weighted by Crippen LogP contribution is -2.45. The Morgan fingerprint density at radius 3 is 2.37 bits per heavy atom. The normalized spacial score (nSPS) is 19.3. The highest BCUT2D eigenvalue weighted by molar-refractivity contribution is 6.03. The van der Waals surface area contributed by atoms with Crippen LogP contribution in [0.25, 0.3) is 11.1 Å². The standard InChI is InChI=1S/C43H59N2O/c1-13-45-37-27-38-34(26-33(37)31(5)28-42(45,9)10)32(25-40(46-38)41(6,7)8)19-17-20-39-43(11,12)35-24-30(4)21-22-36(35)44(39)23-16-14-15-18-29(2)3/h17,19-22,24-29H,13-16,18,23H2,1-12H3/q+1. The summed E-state index contributed by atoms with van der Waals surface area (Å²) in [7, 11) is 0. The third-order valence-electron chi connectivity index (χ3n) is 10.2. The second kappa shape index (κ2) is 12.7. The van der Waals surface area contributed by atoms with Crippen LogP contribution in [0, 0.1) is 18.3 Å². The molecule has 0 radical (unpaired) electrons. The number of likely N-dealkylation sites (N-methyl/N-ethyl adjacent to an activating group) is 1. The van der Waals surface area contributed by atoms with Gasteiger partial charge < -0.3 is 9.64 Å². The van der Waals surface area contributed by atoms with E-state index >= 15 is 0 Å². The molecular formula is C43H59N2O+. The van der Waals surface area contributed by atoms with Crippen molar-refractivity contribution in [2.45, 2.75) is 120 Å². The molecule has 2 aromatic carbocycles. The van der Waals surface area contributed by atoms with Gasteiger partial charge in [0, 0.05) is 59.0 Å². The molecule has 0 N–H and O–H groups in total. The number of nitrogens with zero attached hydrogens (tertiary/aromatic N) is 2. The third-order valence-corrected chi connectivity index (χ3v) is 10.2. The molecule has 3 heterocycles. The van der Waals surface area contributed by atoms with Gasteiger partial charge in [-0.1, -0.05) is 77.3 Å². The van der Waals surface area contributed by atoms with Crippen molar-refractivity contribution in [2.24, 2.45) is 11.3 Å². The molecule has 0 fully saturated rings. The number of rotatable bonds is 9. The van der Waals surface area contributed by atoms with Gasteiger partial charge in [-0.05, 0) is 90.2 Å². The molecule has 0 bridgehead atoms. The second-order valence-electron chi connectivity index (χ2n) is 16.4. The first-order valence-electron chi connectivity index (χ1n) is 17.7. The maximum Gasteiger partial charge on any atom is 0.209 e. The maximum atomic E-state index is 6.69. The highest BCUT2D eigenvalue weighted by Crippen LogP contribution is 2.47. The minimum Gasteiger partial charge on any atom is -0.460 e. The SMILES string of the molecule is CCN1c2cc3c(cc2C(C)=CC1(C)C)C(=CC=CC1=[N+](CCCCCC(C)C)c2ccc(C)cc2C1(C)C)C=C(C(C)(C)C)O3. The van der Waals surface area contributed by atoms with E-state index in [4.69, 9.17) is 4.74 Å². The highest BCUT2D eigenvalue weighted by atomic mass is 16.5. The lowest BCUT2D eigenvalue weighted by molar-refractivity contribution is -0.438. The number of hydrogen-bond acceptors (Lipinski definition) is 2. The first-order chi connectivity index (χ1) is 21.5. The molecular weight excluding hydrogens is 560 g/mol. The summed E-state index contributed by atoms with van der Waals surface area (Å²) >= 11 is 0. The van der Waals surface area contributed by atoms with E-state index < -0.39 is 0 Å². The first kappa shape index (κ1) is 34.0. The fraction of sp³-hybridized carbons (Fsp3) is 0.512. The van der Waals surface area contributed by atoms with Crippen molar-refractivity contribution < 1.29 is 9.31 Å². The molecule has 0 spiro atoms. The highest BCUT2D eigenvalue weighted by Gasteiger charge is 2.44. The van der Waals surface area contributed by atoms with E-state index in [2.05, 4.69) is 153 Å². The van der Waals surface area contributed by atoms with Gasteiger partial charge in [-0.2, -0.15) is 4.58 Å². The summed E-state index contributed by atoms with van der Waals surface area (Å²) in [6.45, 7) is 29.5. The van der Waals surface area contributed by atoms with Crippen LogP contribution in [0.4, 0.5) is 11.4 Å². The van der Waals surface area contributed by atoms with Gasteiger partial charge in [0.05, 0.1) is 11.0 Å². The Morgan fingerprint density at radius 1 is 0.957 bits per heavy atom. The van der Waals surface area contributed by atoms with Crippen molar-refractivity contribution in [1.29, 1.82) is 0 Å². The topological polar surface area (TPSA) is 15.5 Å². The predicted molar refractivity (Wildman–Crippen MR) is 200 cm³/mol. The van der Waals surface area contributed by atoms with Crippen molar-refractivity contribution in [3.05, 3.63) is 88.7 Å². The molecule has 3 aliphatic rings. The van der Waals surface area contributed by atoms with Crippen LogP contribution < -0.4 is 9.64 Å². The van der Waals surface area contributed by atoms with Crippen molar-refractivity contribution >= 4 is 28.2 Å². The molecule has 46 heavy (non-hydrogen) atoms. The van der Waals surface area contributed by atoms with Gasteiger partial charge in [0.1, 0.15) is 18.1 Å². The Kier molecular flexibility index (Phi) is 9.39. The van der Waals surface area contributed by atoms with Crippen LogP contribution in [0.15, 0.2) is 66.5 Å². The predicted octanol–water partition coefficient (Wildman–Crippen LogP) is 11.6. The average Bonchev–Trinajstić information content (AvgIpc) is 3.16. The van der Waals surface area contributed by atoms with Crippen molar-refractivity contribution in [2.75, 3.05) is 18.0 Å². The van der Waals surface area contributed by atoms with Crippen molar-refractivity contribution in [3.63, 3.8) is 0 Å². The average molecular weight is 620 g/mol. The smallest absolute Gasteiger partial charge is 0.209 e. The number of hydrogen-bond donors (Lipinski definition) is 0. The Bertz CT molecular complexity index is 1650. The van der Waals surface area contributed by atoms with E-state index in [-0.39, 0.29) is 16.4 Å². The fourth-order valence-corrected chi connectivity index (χ4v) is 7.64. The molecule has 0 amide bonds. The summed E-state index contributed by atoms with van der Waals surface area (Å²) in [5, 5.41) is 0. The van der Waals surface area contributed by atoms with Gasteiger partial charge in [0.2, 0.25) is 5.69 Å². The van der Waals surface area contributed by atoms with Gasteiger partial charge in [-0.25, -0.2) is 0 Å². The molecule has 0 saturated heterocycles. The molecule has 3 aliphatic heterocycles.